The smallest absolute Gasteiger partial charge is 0.322 e. The molecule has 11 heteroatoms. The van der Waals surface area contributed by atoms with Crippen molar-refractivity contribution in [2.75, 3.05) is 11.4 Å². The minimum atomic E-state index is -4.52. The lowest BCUT2D eigenvalue weighted by Crippen LogP contribution is -2.73. The normalized spacial score (nSPS) is 22.5. The summed E-state index contributed by atoms with van der Waals surface area (Å²) in [5.74, 6) is -2.75. The molecule has 1 aliphatic carbocycles. The molecule has 4 rings (SSSR count). The van der Waals surface area contributed by atoms with E-state index < -0.39 is 52.6 Å². The second kappa shape index (κ2) is 8.40. The van der Waals surface area contributed by atoms with Crippen molar-refractivity contribution >= 4 is 34.3 Å². The van der Waals surface area contributed by atoms with E-state index in [-0.39, 0.29) is 30.6 Å². The zero-order valence-electron chi connectivity index (χ0n) is 17.4. The van der Waals surface area contributed by atoms with Gasteiger partial charge in [-0.3, -0.25) is 19.3 Å². The van der Waals surface area contributed by atoms with E-state index in [9.17, 15) is 31.9 Å². The highest BCUT2D eigenvalue weighted by Gasteiger charge is 2.61. The van der Waals surface area contributed by atoms with Crippen molar-refractivity contribution in [1.82, 2.24) is 4.90 Å². The molecule has 2 fully saturated rings. The zero-order chi connectivity index (χ0) is 24.8. The molecule has 0 unspecified atom stereocenters. The van der Waals surface area contributed by atoms with E-state index in [2.05, 4.69) is 0 Å². The number of hydrogen-bond acceptors (Lipinski definition) is 4. The molecule has 34 heavy (non-hydrogen) atoms. The van der Waals surface area contributed by atoms with Gasteiger partial charge >= 0.3 is 6.18 Å². The number of hydrogen-bond donors (Lipinski definition) is 0. The summed E-state index contributed by atoms with van der Waals surface area (Å²) < 4.78 is 53.3. The fourth-order valence-electron chi connectivity index (χ4n) is 4.42. The topological polar surface area (TPSA) is 81.5 Å². The van der Waals surface area contributed by atoms with Gasteiger partial charge in [0.15, 0.2) is 0 Å². The van der Waals surface area contributed by atoms with Gasteiger partial charge in [-0.15, -0.1) is 0 Å². The van der Waals surface area contributed by atoms with Crippen LogP contribution in [0.25, 0.3) is 0 Å². The molecular formula is C23H16ClF4N3O3. The predicted octanol–water partition coefficient (Wildman–Crippen LogP) is 4.01. The molecule has 2 amide bonds. The van der Waals surface area contributed by atoms with Gasteiger partial charge in [0.25, 0.3) is 5.91 Å². The maximum Gasteiger partial charge on any atom is 0.416 e. The van der Waals surface area contributed by atoms with E-state index in [1.165, 1.54) is 29.2 Å². The molecule has 0 N–H and O–H groups in total. The van der Waals surface area contributed by atoms with E-state index in [0.717, 1.165) is 23.1 Å². The van der Waals surface area contributed by atoms with Crippen LogP contribution in [0.4, 0.5) is 23.2 Å². The summed E-state index contributed by atoms with van der Waals surface area (Å²) in [7, 11) is 0. The average molecular weight is 494 g/mol. The van der Waals surface area contributed by atoms with Crippen LogP contribution in [0.1, 0.15) is 29.5 Å². The number of benzene rings is 2. The van der Waals surface area contributed by atoms with Crippen molar-refractivity contribution in [3.63, 3.8) is 0 Å². The summed E-state index contributed by atoms with van der Waals surface area (Å²) in [5.41, 5.74) is -2.15. The zero-order valence-corrected chi connectivity index (χ0v) is 18.2. The van der Waals surface area contributed by atoms with Crippen LogP contribution in [0, 0.1) is 23.1 Å². The summed E-state index contributed by atoms with van der Waals surface area (Å²) >= 11 is 5.58. The third-order valence-electron chi connectivity index (χ3n) is 6.23. The highest BCUT2D eigenvalue weighted by atomic mass is 35.5. The summed E-state index contributed by atoms with van der Waals surface area (Å²) in [6.07, 6.45) is -4.70. The summed E-state index contributed by atoms with van der Waals surface area (Å²) in [5, 5.41) is 8.26. The van der Waals surface area contributed by atoms with Crippen molar-refractivity contribution in [2.24, 2.45) is 5.92 Å². The summed E-state index contributed by atoms with van der Waals surface area (Å²) in [4.78, 5) is 40.5. The first-order chi connectivity index (χ1) is 16.0. The number of amides is 2. The number of anilines is 1. The highest BCUT2D eigenvalue weighted by Crippen LogP contribution is 2.48. The van der Waals surface area contributed by atoms with Crippen molar-refractivity contribution < 1.29 is 31.9 Å². The molecule has 1 spiro atoms. The molecule has 1 heterocycles. The van der Waals surface area contributed by atoms with Gasteiger partial charge in [-0.05, 0) is 60.3 Å². The summed E-state index contributed by atoms with van der Waals surface area (Å²) in [6.45, 7) is -0.681. The third-order valence-corrected chi connectivity index (χ3v) is 6.54. The van der Waals surface area contributed by atoms with E-state index in [1.54, 1.807) is 6.07 Å². The van der Waals surface area contributed by atoms with Crippen LogP contribution in [0.5, 0.6) is 0 Å². The highest BCUT2D eigenvalue weighted by molar-refractivity contribution is 6.64. The van der Waals surface area contributed by atoms with Gasteiger partial charge in [0, 0.05) is 12.5 Å². The van der Waals surface area contributed by atoms with Gasteiger partial charge in [0.2, 0.25) is 11.1 Å². The van der Waals surface area contributed by atoms with Gasteiger partial charge in [-0.1, -0.05) is 12.1 Å². The molecular weight excluding hydrogens is 478 g/mol. The van der Waals surface area contributed by atoms with E-state index >= 15 is 0 Å². The Kier molecular flexibility index (Phi) is 5.85. The Bertz CT molecular complexity index is 1220. The van der Waals surface area contributed by atoms with E-state index in [4.69, 9.17) is 16.9 Å². The lowest BCUT2D eigenvalue weighted by molar-refractivity contribution is -0.163. The minimum absolute atomic E-state index is 0.0344. The molecule has 176 valence electrons. The maximum atomic E-state index is 14.6. The van der Waals surface area contributed by atoms with Gasteiger partial charge in [0.05, 0.1) is 22.9 Å². The van der Waals surface area contributed by atoms with Gasteiger partial charge in [-0.25, -0.2) is 4.39 Å². The molecule has 0 radical (unpaired) electrons. The minimum Gasteiger partial charge on any atom is -0.322 e. The number of piperazine rings is 1. The third kappa shape index (κ3) is 4.01. The number of alkyl halides is 3. The van der Waals surface area contributed by atoms with Gasteiger partial charge < -0.3 is 4.90 Å². The lowest BCUT2D eigenvalue weighted by Gasteiger charge is -2.56. The molecule has 0 aromatic heterocycles. The number of carbonyl (C=O) groups is 3. The number of nitrogens with zero attached hydrogens (tertiary/aromatic N) is 3. The fourth-order valence-corrected chi connectivity index (χ4v) is 4.57. The number of rotatable bonds is 4. The first-order valence-electron chi connectivity index (χ1n) is 10.1. The number of carbonyl (C=O) groups excluding carboxylic acids is 3. The second-order valence-electron chi connectivity index (χ2n) is 8.28. The Morgan fingerprint density at radius 3 is 2.32 bits per heavy atom. The SMILES string of the molecule is N#Cc1ccc(N2CC(=O)N(Cc3ccc(C(F)(F)F)cc3)C3(CC(C(=O)Cl)C3)C2=O)c(F)c1. The standard InChI is InChI=1S/C23H16ClF4N3O3/c24-20(33)15-8-22(9-15)21(34)30(18-6-3-14(10-29)7-17(18)25)12-19(32)31(22)11-13-1-4-16(5-2-13)23(26,27)28/h1-7,15H,8-9,11-12H2. The second-order valence-corrected chi connectivity index (χ2v) is 8.66. The molecule has 1 aliphatic heterocycles. The van der Waals surface area contributed by atoms with Crippen molar-refractivity contribution in [1.29, 1.82) is 5.26 Å². The Morgan fingerprint density at radius 1 is 1.15 bits per heavy atom. The number of halogens is 5. The largest absolute Gasteiger partial charge is 0.416 e. The van der Waals surface area contributed by atoms with E-state index in [0.29, 0.717) is 5.56 Å². The molecule has 2 aliphatic rings. The summed E-state index contributed by atoms with van der Waals surface area (Å²) in [6, 6.07) is 9.44. The molecule has 0 atom stereocenters. The van der Waals surface area contributed by atoms with Crippen molar-refractivity contribution in [2.45, 2.75) is 31.1 Å². The van der Waals surface area contributed by atoms with Crippen LogP contribution in [0.2, 0.25) is 0 Å². The Hall–Kier alpha value is -3.45. The molecule has 0 bridgehead atoms. The van der Waals surface area contributed by atoms with E-state index in [1.807, 2.05) is 0 Å². The first kappa shape index (κ1) is 23.7. The monoisotopic (exact) mass is 493 g/mol. The van der Waals surface area contributed by atoms with Crippen LogP contribution in [0.3, 0.4) is 0 Å². The Morgan fingerprint density at radius 2 is 1.79 bits per heavy atom. The fraction of sp³-hybridized carbons (Fsp3) is 0.304. The quantitative estimate of drug-likeness (QED) is 0.476. The predicted molar refractivity (Wildman–Crippen MR) is 112 cm³/mol. The molecule has 2 aromatic carbocycles. The Labute approximate surface area is 196 Å². The molecule has 6 nitrogen and oxygen atoms in total. The maximum absolute atomic E-state index is 14.6. The molecule has 1 saturated carbocycles. The van der Waals surface area contributed by atoms with Crippen LogP contribution < -0.4 is 4.90 Å². The first-order valence-corrected chi connectivity index (χ1v) is 10.5. The Balaban J connectivity index is 1.67. The molecule has 1 saturated heterocycles. The number of nitriles is 1. The average Bonchev–Trinajstić information content (AvgIpc) is 2.74. The van der Waals surface area contributed by atoms with Crippen LogP contribution >= 0.6 is 11.6 Å². The van der Waals surface area contributed by atoms with Crippen molar-refractivity contribution in [3.05, 3.63) is 65.0 Å². The van der Waals surface area contributed by atoms with Crippen molar-refractivity contribution in [3.8, 4) is 6.07 Å². The van der Waals surface area contributed by atoms with Gasteiger partial charge in [-0.2, -0.15) is 18.4 Å². The van der Waals surface area contributed by atoms with Crippen LogP contribution in [0.15, 0.2) is 42.5 Å². The molecule has 2 aromatic rings. The van der Waals surface area contributed by atoms with Crippen LogP contribution in [-0.2, 0) is 27.1 Å². The van der Waals surface area contributed by atoms with Crippen LogP contribution in [-0.4, -0.2) is 34.0 Å². The lowest BCUT2D eigenvalue weighted by atomic mass is 9.65. The van der Waals surface area contributed by atoms with Gasteiger partial charge in [0.1, 0.15) is 17.9 Å².